The lowest BCUT2D eigenvalue weighted by Crippen LogP contribution is -2.59. The number of benzene rings is 1. The number of piperidine rings is 1. The lowest BCUT2D eigenvalue weighted by atomic mass is 9.89. The number of fused-ring (bicyclic) bond motifs is 1. The van der Waals surface area contributed by atoms with E-state index >= 15 is 0 Å². The summed E-state index contributed by atoms with van der Waals surface area (Å²) in [6, 6.07) is 10.4. The number of anilines is 1. The van der Waals surface area contributed by atoms with E-state index in [9.17, 15) is 0 Å². The highest BCUT2D eigenvalue weighted by molar-refractivity contribution is 5.90. The summed E-state index contributed by atoms with van der Waals surface area (Å²) in [5.74, 6) is 0.992. The van der Waals surface area contributed by atoms with Crippen LogP contribution in [0, 0.1) is 6.92 Å². The Kier molecular flexibility index (Phi) is 4.61. The zero-order chi connectivity index (χ0) is 18.0. The first kappa shape index (κ1) is 17.0. The molecule has 0 bridgehead atoms. The largest absolute Gasteiger partial charge is 0.354 e. The van der Waals surface area contributed by atoms with E-state index in [0.717, 1.165) is 55.9 Å². The minimum atomic E-state index is -0.255. The van der Waals surface area contributed by atoms with Crippen molar-refractivity contribution in [3.05, 3.63) is 54.0 Å². The molecule has 0 aliphatic carbocycles. The Bertz CT molecular complexity index is 874. The maximum atomic E-state index is 6.75. The number of hydrogen-bond donors (Lipinski definition) is 3. The number of nitrogens with zero attached hydrogens (tertiary/aromatic N) is 3. The fourth-order valence-corrected chi connectivity index (χ4v) is 3.87. The molecule has 1 atom stereocenters. The van der Waals surface area contributed by atoms with Crippen LogP contribution in [0.5, 0.6) is 0 Å². The smallest absolute Gasteiger partial charge is 0.143 e. The number of nitrogens with one attached hydrogen (secondary N) is 2. The molecule has 1 aromatic carbocycles. The third-order valence-electron chi connectivity index (χ3n) is 5.20. The number of hydrogen-bond acceptors (Lipinski definition) is 5. The van der Waals surface area contributed by atoms with Crippen LogP contribution in [0.1, 0.15) is 24.0 Å². The van der Waals surface area contributed by atoms with Crippen molar-refractivity contribution in [3.63, 3.8) is 0 Å². The molecule has 0 saturated carbocycles. The van der Waals surface area contributed by atoms with Crippen LogP contribution in [-0.4, -0.2) is 40.1 Å². The second kappa shape index (κ2) is 7.05. The average molecular weight is 350 g/mol. The van der Waals surface area contributed by atoms with E-state index in [1.165, 1.54) is 11.1 Å². The molecule has 4 N–H and O–H groups in total. The highest BCUT2D eigenvalue weighted by Gasteiger charge is 2.32. The number of H-pyrrole nitrogens is 1. The SMILES string of the molecule is Cc1c[nH]c2ncnc(N3CCCC(N)(CNCc4ccccc4)C3)c12. The van der Waals surface area contributed by atoms with E-state index < -0.39 is 0 Å². The van der Waals surface area contributed by atoms with Crippen molar-refractivity contribution in [1.82, 2.24) is 20.3 Å². The molecular weight excluding hydrogens is 324 g/mol. The Morgan fingerprint density at radius 3 is 2.96 bits per heavy atom. The first-order valence-electron chi connectivity index (χ1n) is 9.22. The van der Waals surface area contributed by atoms with Gasteiger partial charge in [-0.25, -0.2) is 9.97 Å². The molecule has 0 amide bonds. The third-order valence-corrected chi connectivity index (χ3v) is 5.20. The van der Waals surface area contributed by atoms with Gasteiger partial charge in [-0.1, -0.05) is 30.3 Å². The van der Waals surface area contributed by atoms with Gasteiger partial charge >= 0.3 is 0 Å². The van der Waals surface area contributed by atoms with E-state index in [1.54, 1.807) is 6.33 Å². The van der Waals surface area contributed by atoms with Crippen LogP contribution in [0.2, 0.25) is 0 Å². The molecule has 136 valence electrons. The molecule has 3 heterocycles. The van der Waals surface area contributed by atoms with Crippen molar-refractivity contribution in [2.75, 3.05) is 24.5 Å². The van der Waals surface area contributed by atoms with Crippen molar-refractivity contribution in [1.29, 1.82) is 0 Å². The molecule has 3 aromatic rings. The van der Waals surface area contributed by atoms with Crippen LogP contribution in [0.15, 0.2) is 42.9 Å². The van der Waals surface area contributed by atoms with Gasteiger partial charge in [0.15, 0.2) is 0 Å². The first-order valence-corrected chi connectivity index (χ1v) is 9.22. The molecular formula is C20H26N6. The van der Waals surface area contributed by atoms with E-state index in [1.807, 2.05) is 12.3 Å². The molecule has 6 heteroatoms. The zero-order valence-electron chi connectivity index (χ0n) is 15.2. The van der Waals surface area contributed by atoms with Crippen LogP contribution in [0.25, 0.3) is 11.0 Å². The van der Waals surface area contributed by atoms with Crippen LogP contribution in [-0.2, 0) is 6.54 Å². The minimum Gasteiger partial charge on any atom is -0.354 e. The summed E-state index contributed by atoms with van der Waals surface area (Å²) in [4.78, 5) is 14.5. The van der Waals surface area contributed by atoms with Crippen molar-refractivity contribution in [2.24, 2.45) is 5.73 Å². The molecule has 1 unspecified atom stereocenters. The Balaban J connectivity index is 1.47. The standard InChI is InChI=1S/C20H26N6/c1-15-10-23-18-17(15)19(25-14-24-18)26-9-5-8-20(21,13-26)12-22-11-16-6-3-2-4-7-16/h2-4,6-7,10,14,22H,5,8-9,11-13,21H2,1H3,(H,23,24,25). The molecule has 4 rings (SSSR count). The van der Waals surface area contributed by atoms with Gasteiger partial charge in [0.25, 0.3) is 0 Å². The van der Waals surface area contributed by atoms with Crippen molar-refractivity contribution < 1.29 is 0 Å². The van der Waals surface area contributed by atoms with Crippen LogP contribution in [0.3, 0.4) is 0 Å². The Hall–Kier alpha value is -2.44. The lowest BCUT2D eigenvalue weighted by Gasteiger charge is -2.41. The summed E-state index contributed by atoms with van der Waals surface area (Å²) < 4.78 is 0. The summed E-state index contributed by atoms with van der Waals surface area (Å²) in [5, 5.41) is 4.64. The molecule has 1 saturated heterocycles. The molecule has 26 heavy (non-hydrogen) atoms. The summed E-state index contributed by atoms with van der Waals surface area (Å²) in [7, 11) is 0. The quantitative estimate of drug-likeness (QED) is 0.658. The van der Waals surface area contributed by atoms with Crippen molar-refractivity contribution in [2.45, 2.75) is 31.8 Å². The molecule has 2 aromatic heterocycles. The number of aryl methyl sites for hydroxylation is 1. The van der Waals surface area contributed by atoms with E-state index in [-0.39, 0.29) is 5.54 Å². The van der Waals surface area contributed by atoms with Crippen LogP contribution >= 0.6 is 0 Å². The van der Waals surface area contributed by atoms with Gasteiger partial charge in [-0.2, -0.15) is 0 Å². The molecule has 6 nitrogen and oxygen atoms in total. The second-order valence-electron chi connectivity index (χ2n) is 7.37. The third kappa shape index (κ3) is 3.43. The predicted molar refractivity (Wildman–Crippen MR) is 105 cm³/mol. The highest BCUT2D eigenvalue weighted by Crippen LogP contribution is 2.29. The van der Waals surface area contributed by atoms with Gasteiger partial charge in [-0.05, 0) is 30.9 Å². The molecule has 0 radical (unpaired) electrons. The zero-order valence-corrected chi connectivity index (χ0v) is 15.2. The summed E-state index contributed by atoms with van der Waals surface area (Å²) in [6.07, 6.45) is 5.71. The van der Waals surface area contributed by atoms with Crippen LogP contribution in [0.4, 0.5) is 5.82 Å². The predicted octanol–water partition coefficient (Wildman–Crippen LogP) is 2.35. The molecule has 0 spiro atoms. The average Bonchev–Trinajstić information content (AvgIpc) is 3.04. The minimum absolute atomic E-state index is 0.255. The number of aromatic amines is 1. The second-order valence-corrected chi connectivity index (χ2v) is 7.37. The Morgan fingerprint density at radius 1 is 1.27 bits per heavy atom. The van der Waals surface area contributed by atoms with Crippen molar-refractivity contribution >= 4 is 16.9 Å². The lowest BCUT2D eigenvalue weighted by molar-refractivity contribution is 0.326. The van der Waals surface area contributed by atoms with Gasteiger partial charge in [0, 0.05) is 37.9 Å². The summed E-state index contributed by atoms with van der Waals surface area (Å²) >= 11 is 0. The normalized spacial score (nSPS) is 20.6. The van der Waals surface area contributed by atoms with Gasteiger partial charge in [-0.15, -0.1) is 0 Å². The fourth-order valence-electron chi connectivity index (χ4n) is 3.87. The van der Waals surface area contributed by atoms with E-state index in [4.69, 9.17) is 5.73 Å². The number of nitrogens with two attached hydrogens (primary N) is 1. The molecule has 1 fully saturated rings. The molecule has 1 aliphatic heterocycles. The van der Waals surface area contributed by atoms with Crippen LogP contribution < -0.4 is 16.0 Å². The van der Waals surface area contributed by atoms with E-state index in [2.05, 4.69) is 56.4 Å². The van der Waals surface area contributed by atoms with Gasteiger partial charge in [0.2, 0.25) is 0 Å². The maximum absolute atomic E-state index is 6.75. The maximum Gasteiger partial charge on any atom is 0.143 e. The topological polar surface area (TPSA) is 82.9 Å². The highest BCUT2D eigenvalue weighted by atomic mass is 15.2. The summed E-state index contributed by atoms with van der Waals surface area (Å²) in [6.45, 7) is 5.50. The Labute approximate surface area is 153 Å². The number of aromatic nitrogens is 3. The van der Waals surface area contributed by atoms with Gasteiger partial charge in [0.1, 0.15) is 17.8 Å². The van der Waals surface area contributed by atoms with Gasteiger partial charge < -0.3 is 20.9 Å². The van der Waals surface area contributed by atoms with E-state index in [0.29, 0.717) is 0 Å². The first-order chi connectivity index (χ1) is 12.6. The summed E-state index contributed by atoms with van der Waals surface area (Å²) in [5.41, 5.74) is 9.84. The Morgan fingerprint density at radius 2 is 2.12 bits per heavy atom. The van der Waals surface area contributed by atoms with Gasteiger partial charge in [-0.3, -0.25) is 0 Å². The van der Waals surface area contributed by atoms with Crippen molar-refractivity contribution in [3.8, 4) is 0 Å². The fraction of sp³-hybridized carbons (Fsp3) is 0.400. The van der Waals surface area contributed by atoms with Gasteiger partial charge in [0.05, 0.1) is 5.39 Å². The molecule has 1 aliphatic rings. The number of rotatable bonds is 5. The monoisotopic (exact) mass is 350 g/mol.